The highest BCUT2D eigenvalue weighted by molar-refractivity contribution is 8.00. The van der Waals surface area contributed by atoms with Crippen LogP contribution in [0.15, 0.2) is 29.2 Å². The lowest BCUT2D eigenvalue weighted by Crippen LogP contribution is -2.11. The van der Waals surface area contributed by atoms with Gasteiger partial charge < -0.3 is 5.11 Å². The van der Waals surface area contributed by atoms with Crippen molar-refractivity contribution in [2.75, 3.05) is 0 Å². The first-order valence-electron chi connectivity index (χ1n) is 4.66. The van der Waals surface area contributed by atoms with Crippen molar-refractivity contribution >= 4 is 17.7 Å². The largest absolute Gasteiger partial charge is 0.481 e. The molecular weight excluding hydrogens is 196 g/mol. The van der Waals surface area contributed by atoms with Gasteiger partial charge in [-0.05, 0) is 11.6 Å². The summed E-state index contributed by atoms with van der Waals surface area (Å²) in [6, 6.07) is 8.09. The van der Waals surface area contributed by atoms with Crippen LogP contribution in [-0.4, -0.2) is 16.3 Å². The number of carboxylic acid groups (broad SMARTS) is 1. The van der Waals surface area contributed by atoms with Crippen LogP contribution in [0.3, 0.4) is 0 Å². The SMILES string of the molecule is CC1Sc2ccccc2C1CC(=O)O. The maximum absolute atomic E-state index is 10.7. The summed E-state index contributed by atoms with van der Waals surface area (Å²) in [5.41, 5.74) is 1.20. The predicted molar refractivity (Wildman–Crippen MR) is 56.8 cm³/mol. The fraction of sp³-hybridized carbons (Fsp3) is 0.364. The molecule has 0 aromatic heterocycles. The molecule has 14 heavy (non-hydrogen) atoms. The first-order chi connectivity index (χ1) is 6.68. The Morgan fingerprint density at radius 1 is 1.50 bits per heavy atom. The number of hydrogen-bond acceptors (Lipinski definition) is 2. The van der Waals surface area contributed by atoms with E-state index < -0.39 is 5.97 Å². The van der Waals surface area contributed by atoms with Gasteiger partial charge in [0.2, 0.25) is 0 Å². The number of aliphatic carboxylic acids is 1. The van der Waals surface area contributed by atoms with Crippen LogP contribution in [0.25, 0.3) is 0 Å². The molecular formula is C11H12O2S. The summed E-state index contributed by atoms with van der Waals surface area (Å²) in [6.07, 6.45) is 0.241. The quantitative estimate of drug-likeness (QED) is 0.812. The Morgan fingerprint density at radius 3 is 2.93 bits per heavy atom. The van der Waals surface area contributed by atoms with E-state index in [4.69, 9.17) is 5.11 Å². The molecule has 1 aliphatic rings. The standard InChI is InChI=1S/C11H12O2S/c1-7-9(6-11(12)13)8-4-2-3-5-10(8)14-7/h2-5,7,9H,6H2,1H3,(H,12,13). The predicted octanol–water partition coefficient (Wildman–Crippen LogP) is 2.74. The third kappa shape index (κ3) is 1.64. The average molecular weight is 208 g/mol. The molecule has 2 atom stereocenters. The van der Waals surface area contributed by atoms with Crippen LogP contribution in [0.5, 0.6) is 0 Å². The molecule has 0 radical (unpaired) electrons. The molecule has 0 amide bonds. The van der Waals surface area contributed by atoms with E-state index in [1.165, 1.54) is 10.5 Å². The molecule has 2 rings (SSSR count). The highest BCUT2D eigenvalue weighted by atomic mass is 32.2. The van der Waals surface area contributed by atoms with Crippen molar-refractivity contribution in [2.45, 2.75) is 29.4 Å². The van der Waals surface area contributed by atoms with Gasteiger partial charge in [0.05, 0.1) is 6.42 Å². The molecule has 1 aliphatic heterocycles. The Hall–Kier alpha value is -0.960. The number of carbonyl (C=O) groups is 1. The van der Waals surface area contributed by atoms with Gasteiger partial charge >= 0.3 is 5.97 Å². The van der Waals surface area contributed by atoms with E-state index in [-0.39, 0.29) is 12.3 Å². The lowest BCUT2D eigenvalue weighted by molar-refractivity contribution is -0.137. The molecule has 1 heterocycles. The molecule has 0 fully saturated rings. The molecule has 0 bridgehead atoms. The number of benzene rings is 1. The topological polar surface area (TPSA) is 37.3 Å². The second-order valence-electron chi connectivity index (χ2n) is 3.57. The minimum atomic E-state index is -0.709. The van der Waals surface area contributed by atoms with Crippen LogP contribution in [-0.2, 0) is 4.79 Å². The number of fused-ring (bicyclic) bond motifs is 1. The highest BCUT2D eigenvalue weighted by Gasteiger charge is 2.31. The Kier molecular flexibility index (Phi) is 2.50. The van der Waals surface area contributed by atoms with Gasteiger partial charge in [0, 0.05) is 16.1 Å². The van der Waals surface area contributed by atoms with Gasteiger partial charge in [-0.1, -0.05) is 25.1 Å². The van der Waals surface area contributed by atoms with Crippen molar-refractivity contribution in [2.24, 2.45) is 0 Å². The van der Waals surface area contributed by atoms with Gasteiger partial charge in [0.1, 0.15) is 0 Å². The molecule has 2 unspecified atom stereocenters. The first kappa shape index (κ1) is 9.59. The highest BCUT2D eigenvalue weighted by Crippen LogP contribution is 2.46. The lowest BCUT2D eigenvalue weighted by atomic mass is 9.93. The summed E-state index contributed by atoms with van der Waals surface area (Å²) in [7, 11) is 0. The van der Waals surface area contributed by atoms with E-state index in [1.54, 1.807) is 11.8 Å². The van der Waals surface area contributed by atoms with Crippen LogP contribution in [0.2, 0.25) is 0 Å². The Balaban J connectivity index is 2.30. The molecule has 1 aromatic rings. The lowest BCUT2D eigenvalue weighted by Gasteiger charge is -2.12. The van der Waals surface area contributed by atoms with Crippen LogP contribution in [0, 0.1) is 0 Å². The maximum Gasteiger partial charge on any atom is 0.304 e. The van der Waals surface area contributed by atoms with Crippen LogP contribution >= 0.6 is 11.8 Å². The van der Waals surface area contributed by atoms with E-state index in [0.29, 0.717) is 5.25 Å². The molecule has 74 valence electrons. The summed E-state index contributed by atoms with van der Waals surface area (Å²) >= 11 is 1.78. The minimum absolute atomic E-state index is 0.175. The summed E-state index contributed by atoms with van der Waals surface area (Å²) in [6.45, 7) is 2.10. The number of rotatable bonds is 2. The number of hydrogen-bond donors (Lipinski definition) is 1. The van der Waals surface area contributed by atoms with E-state index >= 15 is 0 Å². The summed E-state index contributed by atoms with van der Waals surface area (Å²) in [5.74, 6) is -0.534. The van der Waals surface area contributed by atoms with Crippen molar-refractivity contribution in [1.29, 1.82) is 0 Å². The molecule has 1 N–H and O–H groups in total. The summed E-state index contributed by atoms with van der Waals surface area (Å²) in [5, 5.41) is 9.19. The molecule has 0 saturated carbocycles. The molecule has 0 spiro atoms. The van der Waals surface area contributed by atoms with Crippen molar-refractivity contribution in [3.63, 3.8) is 0 Å². The monoisotopic (exact) mass is 208 g/mol. The van der Waals surface area contributed by atoms with Crippen molar-refractivity contribution in [3.8, 4) is 0 Å². The van der Waals surface area contributed by atoms with Gasteiger partial charge in [0.15, 0.2) is 0 Å². The van der Waals surface area contributed by atoms with E-state index in [0.717, 1.165) is 0 Å². The normalized spacial score (nSPS) is 24.6. The third-order valence-electron chi connectivity index (χ3n) is 2.59. The van der Waals surface area contributed by atoms with Crippen molar-refractivity contribution < 1.29 is 9.90 Å². The van der Waals surface area contributed by atoms with Crippen LogP contribution in [0.1, 0.15) is 24.8 Å². The Labute approximate surface area is 87.3 Å². The zero-order chi connectivity index (χ0) is 10.1. The molecule has 0 saturated heterocycles. The van der Waals surface area contributed by atoms with E-state index in [1.807, 2.05) is 18.2 Å². The zero-order valence-corrected chi connectivity index (χ0v) is 8.75. The summed E-state index contributed by atoms with van der Waals surface area (Å²) in [4.78, 5) is 11.9. The van der Waals surface area contributed by atoms with Crippen molar-refractivity contribution in [1.82, 2.24) is 0 Å². The minimum Gasteiger partial charge on any atom is -0.481 e. The fourth-order valence-corrected chi connectivity index (χ4v) is 3.21. The molecule has 0 aliphatic carbocycles. The second kappa shape index (κ2) is 3.65. The smallest absolute Gasteiger partial charge is 0.304 e. The molecule has 3 heteroatoms. The van der Waals surface area contributed by atoms with Gasteiger partial charge in [-0.15, -0.1) is 11.8 Å². The van der Waals surface area contributed by atoms with Gasteiger partial charge in [-0.3, -0.25) is 4.79 Å². The van der Waals surface area contributed by atoms with E-state index in [9.17, 15) is 4.79 Å². The number of carboxylic acids is 1. The second-order valence-corrected chi connectivity index (χ2v) is 4.98. The van der Waals surface area contributed by atoms with Gasteiger partial charge in [-0.2, -0.15) is 0 Å². The number of thioether (sulfide) groups is 1. The maximum atomic E-state index is 10.7. The van der Waals surface area contributed by atoms with Crippen LogP contribution in [0.4, 0.5) is 0 Å². The van der Waals surface area contributed by atoms with Crippen molar-refractivity contribution in [3.05, 3.63) is 29.8 Å². The summed E-state index contributed by atoms with van der Waals surface area (Å²) < 4.78 is 0. The first-order valence-corrected chi connectivity index (χ1v) is 5.54. The molecule has 1 aromatic carbocycles. The Morgan fingerprint density at radius 2 is 2.21 bits per heavy atom. The van der Waals surface area contributed by atoms with Gasteiger partial charge in [0.25, 0.3) is 0 Å². The third-order valence-corrected chi connectivity index (χ3v) is 3.92. The zero-order valence-electron chi connectivity index (χ0n) is 7.93. The fourth-order valence-electron chi connectivity index (χ4n) is 1.89. The average Bonchev–Trinajstić information content (AvgIpc) is 2.43. The van der Waals surface area contributed by atoms with E-state index in [2.05, 4.69) is 13.0 Å². The van der Waals surface area contributed by atoms with Crippen LogP contribution < -0.4 is 0 Å². The van der Waals surface area contributed by atoms with Gasteiger partial charge in [-0.25, -0.2) is 0 Å². The molecule has 2 nitrogen and oxygen atoms in total. The Bertz CT molecular complexity index is 362.